The van der Waals surface area contributed by atoms with Crippen LogP contribution in [0.2, 0.25) is 0 Å². The van der Waals surface area contributed by atoms with Gasteiger partial charge in [-0.2, -0.15) is 13.2 Å². The largest absolute Gasteiger partial charge is 0.433 e. The first-order valence-electron chi connectivity index (χ1n) is 12.3. The molecule has 206 valence electrons. The Labute approximate surface area is 226 Å². The van der Waals surface area contributed by atoms with Gasteiger partial charge < -0.3 is 20.1 Å². The van der Waals surface area contributed by atoms with E-state index in [4.69, 9.17) is 4.74 Å². The third kappa shape index (κ3) is 8.27. The van der Waals surface area contributed by atoms with E-state index in [1.807, 2.05) is 13.0 Å². The number of aryl methyl sites for hydroxylation is 1. The molecule has 1 fully saturated rings. The van der Waals surface area contributed by atoms with Crippen LogP contribution < -0.4 is 10.2 Å². The first-order valence-corrected chi connectivity index (χ1v) is 12.3. The number of carbonyl (C=O) groups is 1. The molecule has 0 spiro atoms. The summed E-state index contributed by atoms with van der Waals surface area (Å²) in [7, 11) is 0. The number of hydrogen-bond donors (Lipinski definition) is 2. The fourth-order valence-electron chi connectivity index (χ4n) is 3.77. The minimum atomic E-state index is -4.74. The van der Waals surface area contributed by atoms with Gasteiger partial charge in [-0.25, -0.2) is 4.98 Å². The molecule has 7 nitrogen and oxygen atoms in total. The summed E-state index contributed by atoms with van der Waals surface area (Å²) in [6, 6.07) is 8.93. The molecule has 1 aliphatic heterocycles. The summed E-state index contributed by atoms with van der Waals surface area (Å²) in [6.07, 6.45) is -2.81. The molecule has 39 heavy (non-hydrogen) atoms. The summed E-state index contributed by atoms with van der Waals surface area (Å²) in [5.74, 6) is 5.70. The molecule has 1 saturated heterocycles. The number of allylic oxidation sites excluding steroid dienone is 2. The van der Waals surface area contributed by atoms with E-state index in [1.165, 1.54) is 13.0 Å². The molecule has 1 aromatic carbocycles. The second-order valence-electron chi connectivity index (χ2n) is 9.42. The lowest BCUT2D eigenvalue weighted by atomic mass is 9.99. The van der Waals surface area contributed by atoms with E-state index in [0.29, 0.717) is 49.6 Å². The number of amides is 1. The summed E-state index contributed by atoms with van der Waals surface area (Å²) in [4.78, 5) is 22.6. The third-order valence-corrected chi connectivity index (χ3v) is 5.78. The number of ether oxygens (including phenoxy) is 1. The van der Waals surface area contributed by atoms with Gasteiger partial charge in [0.15, 0.2) is 0 Å². The Kier molecular flexibility index (Phi) is 9.32. The van der Waals surface area contributed by atoms with E-state index in [9.17, 15) is 23.1 Å². The fourth-order valence-corrected chi connectivity index (χ4v) is 3.77. The maximum Gasteiger partial charge on any atom is 0.433 e. The summed E-state index contributed by atoms with van der Waals surface area (Å²) in [5.41, 5.74) is 0.629. The molecule has 1 amide bonds. The predicted molar refractivity (Wildman–Crippen MR) is 147 cm³/mol. The van der Waals surface area contributed by atoms with Gasteiger partial charge in [0, 0.05) is 24.4 Å². The number of hydrogen-bond acceptors (Lipinski definition) is 6. The topological polar surface area (TPSA) is 87.0 Å². The average Bonchev–Trinajstić information content (AvgIpc) is 2.88. The van der Waals surface area contributed by atoms with Crippen molar-refractivity contribution in [3.8, 4) is 23.0 Å². The van der Waals surface area contributed by atoms with Crippen LogP contribution in [0, 0.1) is 18.8 Å². The van der Waals surface area contributed by atoms with Crippen LogP contribution in [0.4, 0.5) is 24.7 Å². The number of anilines is 2. The van der Waals surface area contributed by atoms with E-state index in [-0.39, 0.29) is 5.57 Å². The summed E-state index contributed by atoms with van der Waals surface area (Å²) in [5, 5.41) is 12.7. The number of alkyl halides is 3. The Hall–Kier alpha value is -3.94. The number of nitrogens with zero attached hydrogens (tertiary/aromatic N) is 3. The van der Waals surface area contributed by atoms with Gasteiger partial charge in [0.1, 0.15) is 22.8 Å². The Morgan fingerprint density at radius 2 is 1.92 bits per heavy atom. The van der Waals surface area contributed by atoms with Crippen LogP contribution in [0.1, 0.15) is 32.0 Å². The van der Waals surface area contributed by atoms with Crippen LogP contribution in [0.25, 0.3) is 11.1 Å². The maximum absolute atomic E-state index is 13.1. The standard InChI is InChI=1S/C29H31F3N4O3/c1-6-20(16-25(33-5)29(30,31)32)27(37)35-22-8-7-19(2)24(18-22)21-15-23(9-10-28(3,4)38)34-26(17-21)36-11-13-39-14-12-36/h6-8,15-18,38H,5,11-14H2,1-4H3,(H,35,37)/b20-6+,25-16-. The van der Waals surface area contributed by atoms with Crippen LogP contribution in [0.3, 0.4) is 0 Å². The van der Waals surface area contributed by atoms with Gasteiger partial charge in [0.2, 0.25) is 0 Å². The molecule has 2 aromatic rings. The van der Waals surface area contributed by atoms with E-state index in [0.717, 1.165) is 16.7 Å². The molecule has 1 aliphatic rings. The summed E-state index contributed by atoms with van der Waals surface area (Å²) in [6.45, 7) is 11.9. The lowest BCUT2D eigenvalue weighted by Crippen LogP contribution is -2.36. The molecule has 0 radical (unpaired) electrons. The summed E-state index contributed by atoms with van der Waals surface area (Å²) < 4.78 is 44.8. The van der Waals surface area contributed by atoms with Crippen molar-refractivity contribution in [1.82, 2.24) is 4.98 Å². The number of morpholine rings is 1. The molecule has 2 N–H and O–H groups in total. The highest BCUT2D eigenvalue weighted by atomic mass is 19.4. The number of pyridine rings is 1. The molecule has 0 saturated carbocycles. The molecule has 0 atom stereocenters. The van der Waals surface area contributed by atoms with Crippen molar-refractivity contribution in [3.63, 3.8) is 0 Å². The Morgan fingerprint density at radius 1 is 1.23 bits per heavy atom. The van der Waals surface area contributed by atoms with E-state index < -0.39 is 23.4 Å². The molecule has 0 unspecified atom stereocenters. The monoisotopic (exact) mass is 540 g/mol. The number of aliphatic imine (C=N–C) groups is 1. The normalized spacial score (nSPS) is 14.9. The van der Waals surface area contributed by atoms with Crippen molar-refractivity contribution in [2.24, 2.45) is 4.99 Å². The van der Waals surface area contributed by atoms with Gasteiger partial charge >= 0.3 is 6.18 Å². The molecule has 2 heterocycles. The second-order valence-corrected chi connectivity index (χ2v) is 9.42. The molecular weight excluding hydrogens is 509 g/mol. The van der Waals surface area contributed by atoms with Crippen molar-refractivity contribution in [3.05, 3.63) is 65.0 Å². The van der Waals surface area contributed by atoms with Crippen molar-refractivity contribution in [2.75, 3.05) is 36.5 Å². The minimum absolute atomic E-state index is 0.209. The highest BCUT2D eigenvalue weighted by Gasteiger charge is 2.33. The van der Waals surface area contributed by atoms with Crippen LogP contribution in [-0.4, -0.2) is 60.8 Å². The van der Waals surface area contributed by atoms with Crippen molar-refractivity contribution < 1.29 is 27.8 Å². The average molecular weight is 541 g/mol. The lowest BCUT2D eigenvalue weighted by molar-refractivity contribution is -0.112. The molecular formula is C29H31F3N4O3. The number of aromatic nitrogens is 1. The zero-order valence-electron chi connectivity index (χ0n) is 22.3. The Bertz CT molecular complexity index is 1360. The SMILES string of the molecule is C=N/C(=C\C(=C/C)C(=O)Nc1ccc(C)c(-c2cc(C#CC(C)(C)O)nc(N3CCOCC3)c2)c1)C(F)(F)F. The van der Waals surface area contributed by atoms with Crippen LogP contribution in [0.5, 0.6) is 0 Å². The number of benzene rings is 1. The number of halogens is 3. The van der Waals surface area contributed by atoms with Crippen molar-refractivity contribution in [2.45, 2.75) is 39.5 Å². The predicted octanol–water partition coefficient (Wildman–Crippen LogP) is 5.05. The fraction of sp³-hybridized carbons (Fsp3) is 0.345. The lowest BCUT2D eigenvalue weighted by Gasteiger charge is -2.28. The van der Waals surface area contributed by atoms with E-state index >= 15 is 0 Å². The van der Waals surface area contributed by atoms with Crippen molar-refractivity contribution in [1.29, 1.82) is 0 Å². The smallest absolute Gasteiger partial charge is 0.378 e. The molecule has 3 rings (SSSR count). The van der Waals surface area contributed by atoms with Gasteiger partial charge in [-0.1, -0.05) is 18.1 Å². The molecule has 0 bridgehead atoms. The van der Waals surface area contributed by atoms with Gasteiger partial charge in [0.25, 0.3) is 5.91 Å². The Balaban J connectivity index is 2.01. The van der Waals surface area contributed by atoms with E-state index in [2.05, 4.69) is 38.8 Å². The second kappa shape index (κ2) is 12.3. The molecule has 1 aromatic heterocycles. The first-order chi connectivity index (χ1) is 18.3. The Morgan fingerprint density at radius 3 is 2.51 bits per heavy atom. The zero-order valence-corrected chi connectivity index (χ0v) is 22.3. The third-order valence-electron chi connectivity index (χ3n) is 5.78. The van der Waals surface area contributed by atoms with Gasteiger partial charge in [-0.05, 0) is 87.4 Å². The van der Waals surface area contributed by atoms with Crippen molar-refractivity contribution >= 4 is 24.1 Å². The van der Waals surface area contributed by atoms with Gasteiger partial charge in [-0.3, -0.25) is 9.79 Å². The quantitative estimate of drug-likeness (QED) is 0.232. The highest BCUT2D eigenvalue weighted by molar-refractivity contribution is 6.06. The zero-order chi connectivity index (χ0) is 28.8. The summed E-state index contributed by atoms with van der Waals surface area (Å²) >= 11 is 0. The maximum atomic E-state index is 13.1. The van der Waals surface area contributed by atoms with Gasteiger partial charge in [0.05, 0.1) is 13.2 Å². The number of aliphatic hydroxyl groups is 1. The van der Waals surface area contributed by atoms with Gasteiger partial charge in [-0.15, -0.1) is 0 Å². The minimum Gasteiger partial charge on any atom is -0.378 e. The van der Waals surface area contributed by atoms with Crippen LogP contribution in [0.15, 0.2) is 58.7 Å². The van der Waals surface area contributed by atoms with Crippen LogP contribution >= 0.6 is 0 Å². The number of carbonyl (C=O) groups excluding carboxylic acids is 1. The van der Waals surface area contributed by atoms with E-state index in [1.54, 1.807) is 38.1 Å². The highest BCUT2D eigenvalue weighted by Crippen LogP contribution is 2.31. The first kappa shape index (κ1) is 29.6. The molecule has 0 aliphatic carbocycles. The molecule has 10 heteroatoms. The number of nitrogens with one attached hydrogen (secondary N) is 1. The van der Waals surface area contributed by atoms with Crippen LogP contribution in [-0.2, 0) is 9.53 Å². The number of rotatable bonds is 6.